The fourth-order valence-electron chi connectivity index (χ4n) is 2.64. The highest BCUT2D eigenvalue weighted by Gasteiger charge is 2.29. The van der Waals surface area contributed by atoms with Crippen LogP contribution in [0.15, 0.2) is 16.3 Å². The number of hydrogen-bond acceptors (Lipinski definition) is 5. The van der Waals surface area contributed by atoms with E-state index in [4.69, 9.17) is 5.73 Å². The van der Waals surface area contributed by atoms with Crippen molar-refractivity contribution in [1.82, 2.24) is 9.62 Å². The van der Waals surface area contributed by atoms with E-state index < -0.39 is 10.0 Å². The number of nitrogens with zero attached hydrogens (tertiary/aromatic N) is 1. The summed E-state index contributed by atoms with van der Waals surface area (Å²) >= 11 is 1.29. The third kappa shape index (κ3) is 6.53. The van der Waals surface area contributed by atoms with Gasteiger partial charge in [-0.1, -0.05) is 13.8 Å². The summed E-state index contributed by atoms with van der Waals surface area (Å²) in [6, 6.07) is 3.60. The summed E-state index contributed by atoms with van der Waals surface area (Å²) in [6.07, 6.45) is 2.58. The van der Waals surface area contributed by atoms with Crippen LogP contribution in [0.1, 0.15) is 38.0 Å². The molecule has 2 rings (SSSR count). The van der Waals surface area contributed by atoms with Gasteiger partial charge in [0.25, 0.3) is 10.0 Å². The summed E-state index contributed by atoms with van der Waals surface area (Å²) < 4.78 is 27.2. The highest BCUT2D eigenvalue weighted by atomic mass is 35.5. The van der Waals surface area contributed by atoms with E-state index in [-0.39, 0.29) is 24.4 Å². The first-order chi connectivity index (χ1) is 11.3. The molecule has 9 heteroatoms. The van der Waals surface area contributed by atoms with Crippen LogP contribution >= 0.6 is 23.7 Å². The predicted octanol–water partition coefficient (Wildman–Crippen LogP) is 1.99. The van der Waals surface area contributed by atoms with Crippen LogP contribution in [0.5, 0.6) is 0 Å². The summed E-state index contributed by atoms with van der Waals surface area (Å²) in [6.45, 7) is 5.51. The van der Waals surface area contributed by atoms with Crippen LogP contribution in [0.25, 0.3) is 0 Å². The predicted molar refractivity (Wildman–Crippen MR) is 104 cm³/mol. The van der Waals surface area contributed by atoms with E-state index in [1.165, 1.54) is 15.6 Å². The van der Waals surface area contributed by atoms with Gasteiger partial charge in [-0.3, -0.25) is 4.79 Å². The Hall–Kier alpha value is -0.670. The van der Waals surface area contributed by atoms with Crippen LogP contribution in [0.4, 0.5) is 0 Å². The average molecular weight is 410 g/mol. The second-order valence-corrected chi connectivity index (χ2v) is 9.99. The fraction of sp³-hybridized carbons (Fsp3) is 0.688. The smallest absolute Gasteiger partial charge is 0.252 e. The number of rotatable bonds is 7. The molecule has 144 valence electrons. The molecule has 0 spiro atoms. The molecule has 1 saturated heterocycles. The van der Waals surface area contributed by atoms with Crippen molar-refractivity contribution >= 4 is 39.7 Å². The number of carbonyl (C=O) groups excluding carboxylic acids is 1. The van der Waals surface area contributed by atoms with Gasteiger partial charge in [0.1, 0.15) is 4.21 Å². The minimum atomic E-state index is -3.41. The Morgan fingerprint density at radius 1 is 1.36 bits per heavy atom. The van der Waals surface area contributed by atoms with E-state index in [1.54, 1.807) is 6.07 Å². The quantitative estimate of drug-likeness (QED) is 0.720. The molecule has 25 heavy (non-hydrogen) atoms. The number of hydrogen-bond donors (Lipinski definition) is 2. The minimum absolute atomic E-state index is 0. The van der Waals surface area contributed by atoms with Crippen molar-refractivity contribution in [2.75, 3.05) is 19.6 Å². The van der Waals surface area contributed by atoms with Gasteiger partial charge in [0.05, 0.1) is 0 Å². The van der Waals surface area contributed by atoms with Gasteiger partial charge in [-0.2, -0.15) is 4.31 Å². The molecule has 1 aliphatic heterocycles. The highest BCUT2D eigenvalue weighted by Crippen LogP contribution is 2.27. The van der Waals surface area contributed by atoms with Gasteiger partial charge in [0.15, 0.2) is 0 Å². The van der Waals surface area contributed by atoms with Gasteiger partial charge in [-0.25, -0.2) is 8.42 Å². The Morgan fingerprint density at radius 3 is 2.60 bits per heavy atom. The molecule has 1 aromatic heterocycles. The van der Waals surface area contributed by atoms with Gasteiger partial charge in [0, 0.05) is 37.0 Å². The molecule has 0 radical (unpaired) electrons. The van der Waals surface area contributed by atoms with Gasteiger partial charge >= 0.3 is 0 Å². The SMILES string of the molecule is CC(C)CC(=O)NCCc1ccc(S(=O)(=O)N2CCC(N)CC2)s1.Cl. The van der Waals surface area contributed by atoms with E-state index >= 15 is 0 Å². The van der Waals surface area contributed by atoms with Crippen LogP contribution in [-0.4, -0.2) is 44.3 Å². The first kappa shape index (κ1) is 22.4. The molecule has 0 saturated carbocycles. The number of amides is 1. The number of thiophene rings is 1. The molecule has 0 bridgehead atoms. The van der Waals surface area contributed by atoms with Gasteiger partial charge in [-0.15, -0.1) is 23.7 Å². The van der Waals surface area contributed by atoms with E-state index in [0.717, 1.165) is 4.88 Å². The molecule has 1 fully saturated rings. The zero-order valence-electron chi connectivity index (χ0n) is 14.7. The Bertz CT molecular complexity index is 653. The zero-order chi connectivity index (χ0) is 17.7. The molecule has 1 aliphatic rings. The van der Waals surface area contributed by atoms with E-state index in [2.05, 4.69) is 5.32 Å². The lowest BCUT2D eigenvalue weighted by atomic mass is 10.1. The number of piperidine rings is 1. The summed E-state index contributed by atoms with van der Waals surface area (Å²) in [5.41, 5.74) is 5.84. The van der Waals surface area contributed by atoms with Crippen LogP contribution in [0, 0.1) is 5.92 Å². The Kier molecular flexibility index (Phi) is 8.83. The van der Waals surface area contributed by atoms with Crippen LogP contribution < -0.4 is 11.1 Å². The third-order valence-electron chi connectivity index (χ3n) is 4.02. The lowest BCUT2D eigenvalue weighted by Gasteiger charge is -2.28. The van der Waals surface area contributed by atoms with Crippen molar-refractivity contribution in [1.29, 1.82) is 0 Å². The summed E-state index contributed by atoms with van der Waals surface area (Å²) in [7, 11) is -3.41. The molecule has 3 N–H and O–H groups in total. The number of halogens is 1. The number of nitrogens with two attached hydrogens (primary N) is 1. The monoisotopic (exact) mass is 409 g/mol. The molecule has 0 aromatic carbocycles. The van der Waals surface area contributed by atoms with Crippen molar-refractivity contribution in [2.45, 2.75) is 49.8 Å². The summed E-state index contributed by atoms with van der Waals surface area (Å²) in [5, 5.41) is 2.87. The standard InChI is InChI=1S/C16H27N3O3S2.ClH/c1-12(2)11-15(20)18-8-5-14-3-4-16(23-14)24(21,22)19-9-6-13(17)7-10-19;/h3-4,12-13H,5-11,17H2,1-2H3,(H,18,20);1H. The molecular formula is C16H28ClN3O3S2. The zero-order valence-corrected chi connectivity index (χ0v) is 17.2. The van der Waals surface area contributed by atoms with Gasteiger partial charge in [0.2, 0.25) is 5.91 Å². The summed E-state index contributed by atoms with van der Waals surface area (Å²) in [5.74, 6) is 0.375. The second-order valence-electron chi connectivity index (χ2n) is 6.66. The van der Waals surface area contributed by atoms with Crippen LogP contribution in [0.2, 0.25) is 0 Å². The van der Waals surface area contributed by atoms with Crippen molar-refractivity contribution in [3.05, 3.63) is 17.0 Å². The third-order valence-corrected chi connectivity index (χ3v) is 7.53. The van der Waals surface area contributed by atoms with E-state index in [1.807, 2.05) is 19.9 Å². The van der Waals surface area contributed by atoms with Crippen molar-refractivity contribution in [3.63, 3.8) is 0 Å². The average Bonchev–Trinajstić information content (AvgIpc) is 2.96. The molecule has 0 aliphatic carbocycles. The second kappa shape index (κ2) is 9.87. The lowest BCUT2D eigenvalue weighted by Crippen LogP contribution is -2.42. The molecular weight excluding hydrogens is 382 g/mol. The number of sulfonamides is 1. The number of carbonyl (C=O) groups is 1. The normalized spacial score (nSPS) is 16.6. The summed E-state index contributed by atoms with van der Waals surface area (Å²) in [4.78, 5) is 12.6. The lowest BCUT2D eigenvalue weighted by molar-refractivity contribution is -0.121. The van der Waals surface area contributed by atoms with Gasteiger partial charge in [-0.05, 0) is 37.3 Å². The van der Waals surface area contributed by atoms with E-state index in [9.17, 15) is 13.2 Å². The molecule has 0 unspecified atom stereocenters. The largest absolute Gasteiger partial charge is 0.356 e. The minimum Gasteiger partial charge on any atom is -0.356 e. The maximum atomic E-state index is 12.6. The molecule has 2 heterocycles. The van der Waals surface area contributed by atoms with Gasteiger partial charge < -0.3 is 11.1 Å². The molecule has 1 amide bonds. The maximum absolute atomic E-state index is 12.6. The van der Waals surface area contributed by atoms with Crippen molar-refractivity contribution in [2.24, 2.45) is 11.7 Å². The molecule has 1 aromatic rings. The van der Waals surface area contributed by atoms with Crippen LogP contribution in [0.3, 0.4) is 0 Å². The fourth-order valence-corrected chi connectivity index (χ4v) is 5.62. The Morgan fingerprint density at radius 2 is 2.00 bits per heavy atom. The maximum Gasteiger partial charge on any atom is 0.252 e. The highest BCUT2D eigenvalue weighted by molar-refractivity contribution is 7.91. The van der Waals surface area contributed by atoms with Crippen LogP contribution in [-0.2, 0) is 21.2 Å². The topological polar surface area (TPSA) is 92.5 Å². The molecule has 6 nitrogen and oxygen atoms in total. The van der Waals surface area contributed by atoms with Crippen molar-refractivity contribution < 1.29 is 13.2 Å². The van der Waals surface area contributed by atoms with Crippen molar-refractivity contribution in [3.8, 4) is 0 Å². The molecule has 0 atom stereocenters. The Labute approximate surface area is 160 Å². The number of nitrogens with one attached hydrogen (secondary N) is 1. The first-order valence-corrected chi connectivity index (χ1v) is 10.7. The Balaban J connectivity index is 0.00000312. The van der Waals surface area contributed by atoms with E-state index in [0.29, 0.717) is 55.4 Å². The first-order valence-electron chi connectivity index (χ1n) is 8.40.